The highest BCUT2D eigenvalue weighted by molar-refractivity contribution is 5.63. The summed E-state index contributed by atoms with van der Waals surface area (Å²) in [5, 5.41) is 9.21. The Hall–Kier alpha value is -1.56. The predicted octanol–water partition coefficient (Wildman–Crippen LogP) is 1.05. The Morgan fingerprint density at radius 2 is 2.06 bits per heavy atom. The molecule has 18 heavy (non-hydrogen) atoms. The molecule has 0 fully saturated rings. The van der Waals surface area contributed by atoms with Gasteiger partial charge in [0.25, 0.3) is 0 Å². The van der Waals surface area contributed by atoms with E-state index >= 15 is 0 Å². The van der Waals surface area contributed by atoms with Gasteiger partial charge in [-0.25, -0.2) is 9.97 Å². The fourth-order valence-electron chi connectivity index (χ4n) is 2.08. The summed E-state index contributed by atoms with van der Waals surface area (Å²) in [5.74, 6) is 1.43. The predicted molar refractivity (Wildman–Crippen MR) is 71.8 cm³/mol. The van der Waals surface area contributed by atoms with Gasteiger partial charge in [0.05, 0.1) is 13.7 Å². The molecule has 0 spiro atoms. The van der Waals surface area contributed by atoms with Crippen LogP contribution in [-0.2, 0) is 0 Å². The summed E-state index contributed by atoms with van der Waals surface area (Å²) in [6, 6.07) is 0.292. The Kier molecular flexibility index (Phi) is 5.64. The number of methoxy groups -OCH3 is 1. The minimum Gasteiger partial charge on any atom is -0.490 e. The molecule has 0 amide bonds. The molecule has 0 bridgehead atoms. The van der Waals surface area contributed by atoms with Crippen molar-refractivity contribution in [3.8, 4) is 5.75 Å². The van der Waals surface area contributed by atoms with Gasteiger partial charge in [-0.15, -0.1) is 0 Å². The summed E-state index contributed by atoms with van der Waals surface area (Å²) in [5.41, 5.74) is 5.78. The number of ether oxygens (including phenoxy) is 1. The van der Waals surface area contributed by atoms with Crippen molar-refractivity contribution in [1.82, 2.24) is 9.97 Å². The maximum atomic E-state index is 9.21. The largest absolute Gasteiger partial charge is 0.490 e. The first kappa shape index (κ1) is 14.5. The summed E-state index contributed by atoms with van der Waals surface area (Å²) in [6.07, 6.45) is 3.34. The van der Waals surface area contributed by atoms with E-state index in [1.54, 1.807) is 7.11 Å². The second-order valence-electron chi connectivity index (χ2n) is 4.00. The zero-order valence-electron chi connectivity index (χ0n) is 11.3. The second kappa shape index (κ2) is 7.00. The fourth-order valence-corrected chi connectivity index (χ4v) is 2.08. The molecule has 0 saturated heterocycles. The van der Waals surface area contributed by atoms with E-state index in [0.29, 0.717) is 30.0 Å². The molecular formula is C12H22N4O2. The number of nitrogen functional groups attached to an aromatic ring is 1. The number of nitrogens with zero attached hydrogens (tertiary/aromatic N) is 3. The molecule has 0 aromatic carbocycles. The molecular weight excluding hydrogens is 232 g/mol. The van der Waals surface area contributed by atoms with Crippen LogP contribution in [0.5, 0.6) is 5.75 Å². The summed E-state index contributed by atoms with van der Waals surface area (Å²) in [4.78, 5) is 10.2. The third kappa shape index (κ3) is 3.01. The van der Waals surface area contributed by atoms with E-state index in [0.717, 1.165) is 12.8 Å². The van der Waals surface area contributed by atoms with Gasteiger partial charge in [0.2, 0.25) is 5.75 Å². The third-order valence-corrected chi connectivity index (χ3v) is 3.01. The maximum Gasteiger partial charge on any atom is 0.204 e. The van der Waals surface area contributed by atoms with Gasteiger partial charge in [-0.3, -0.25) is 0 Å². The number of aliphatic hydroxyl groups excluding tert-OH is 1. The van der Waals surface area contributed by atoms with Gasteiger partial charge in [-0.2, -0.15) is 0 Å². The van der Waals surface area contributed by atoms with E-state index in [1.165, 1.54) is 6.33 Å². The highest BCUT2D eigenvalue weighted by atomic mass is 16.5. The summed E-state index contributed by atoms with van der Waals surface area (Å²) in [7, 11) is 1.54. The zero-order chi connectivity index (χ0) is 13.5. The molecule has 6 heteroatoms. The lowest BCUT2D eigenvalue weighted by Crippen LogP contribution is -2.37. The summed E-state index contributed by atoms with van der Waals surface area (Å²) in [6.45, 7) is 4.77. The van der Waals surface area contributed by atoms with Gasteiger partial charge in [-0.1, -0.05) is 13.8 Å². The molecule has 0 unspecified atom stereocenters. The molecule has 1 aromatic rings. The molecule has 0 radical (unpaired) electrons. The van der Waals surface area contributed by atoms with Crippen molar-refractivity contribution in [2.24, 2.45) is 0 Å². The SMILES string of the molecule is CCC(CC)N(CCO)c1ncnc(N)c1OC. The normalized spacial score (nSPS) is 10.7. The van der Waals surface area contributed by atoms with Gasteiger partial charge >= 0.3 is 0 Å². The van der Waals surface area contributed by atoms with Crippen LogP contribution in [0.3, 0.4) is 0 Å². The first-order chi connectivity index (χ1) is 8.69. The average molecular weight is 254 g/mol. The third-order valence-electron chi connectivity index (χ3n) is 3.01. The van der Waals surface area contributed by atoms with Crippen molar-refractivity contribution in [3.63, 3.8) is 0 Å². The van der Waals surface area contributed by atoms with Gasteiger partial charge < -0.3 is 20.5 Å². The average Bonchev–Trinajstić information content (AvgIpc) is 2.38. The molecule has 0 aliphatic heterocycles. The standard InChI is InChI=1S/C12H22N4O2/c1-4-9(5-2)16(6-7-17)12-10(18-3)11(13)14-8-15-12/h8-9,17H,4-7H2,1-3H3,(H2,13,14,15). The van der Waals surface area contributed by atoms with E-state index in [1.807, 2.05) is 4.90 Å². The van der Waals surface area contributed by atoms with Crippen molar-refractivity contribution >= 4 is 11.6 Å². The van der Waals surface area contributed by atoms with Crippen molar-refractivity contribution in [3.05, 3.63) is 6.33 Å². The van der Waals surface area contributed by atoms with Gasteiger partial charge in [0.15, 0.2) is 11.6 Å². The van der Waals surface area contributed by atoms with E-state index in [4.69, 9.17) is 10.5 Å². The van der Waals surface area contributed by atoms with Gasteiger partial charge in [0, 0.05) is 12.6 Å². The van der Waals surface area contributed by atoms with Gasteiger partial charge in [-0.05, 0) is 12.8 Å². The van der Waals surface area contributed by atoms with E-state index in [-0.39, 0.29) is 6.61 Å². The van der Waals surface area contributed by atoms with Crippen molar-refractivity contribution in [2.45, 2.75) is 32.7 Å². The molecule has 3 N–H and O–H groups in total. The molecule has 1 aromatic heterocycles. The molecule has 1 rings (SSSR count). The number of aliphatic hydroxyl groups is 1. The Balaban J connectivity index is 3.16. The molecule has 0 aliphatic rings. The number of hydrogen-bond donors (Lipinski definition) is 2. The monoisotopic (exact) mass is 254 g/mol. The van der Waals surface area contributed by atoms with Crippen LogP contribution in [0, 0.1) is 0 Å². The lowest BCUT2D eigenvalue weighted by molar-refractivity contribution is 0.294. The maximum absolute atomic E-state index is 9.21. The topological polar surface area (TPSA) is 84.5 Å². The highest BCUT2D eigenvalue weighted by Crippen LogP contribution is 2.31. The smallest absolute Gasteiger partial charge is 0.204 e. The number of anilines is 2. The minimum absolute atomic E-state index is 0.0591. The number of hydrogen-bond acceptors (Lipinski definition) is 6. The van der Waals surface area contributed by atoms with E-state index in [2.05, 4.69) is 23.8 Å². The van der Waals surface area contributed by atoms with Crippen LogP contribution in [0.1, 0.15) is 26.7 Å². The first-order valence-corrected chi connectivity index (χ1v) is 6.21. The van der Waals surface area contributed by atoms with E-state index < -0.39 is 0 Å². The molecule has 1 heterocycles. The Labute approximate surface area is 108 Å². The highest BCUT2D eigenvalue weighted by Gasteiger charge is 2.21. The second-order valence-corrected chi connectivity index (χ2v) is 4.00. The van der Waals surface area contributed by atoms with Crippen LogP contribution in [0.15, 0.2) is 6.33 Å². The quantitative estimate of drug-likeness (QED) is 0.756. The molecule has 0 atom stereocenters. The Morgan fingerprint density at radius 1 is 1.39 bits per heavy atom. The zero-order valence-corrected chi connectivity index (χ0v) is 11.3. The minimum atomic E-state index is 0.0591. The van der Waals surface area contributed by atoms with Crippen molar-refractivity contribution < 1.29 is 9.84 Å². The Morgan fingerprint density at radius 3 is 2.56 bits per heavy atom. The number of nitrogens with two attached hydrogens (primary N) is 1. The first-order valence-electron chi connectivity index (χ1n) is 6.21. The van der Waals surface area contributed by atoms with Gasteiger partial charge in [0.1, 0.15) is 6.33 Å². The van der Waals surface area contributed by atoms with Crippen LogP contribution in [0.25, 0.3) is 0 Å². The molecule has 0 saturated carbocycles. The molecule has 6 nitrogen and oxygen atoms in total. The molecule has 0 aliphatic carbocycles. The number of aromatic nitrogens is 2. The summed E-state index contributed by atoms with van der Waals surface area (Å²) >= 11 is 0. The fraction of sp³-hybridized carbons (Fsp3) is 0.667. The van der Waals surface area contributed by atoms with Crippen LogP contribution in [0.2, 0.25) is 0 Å². The van der Waals surface area contributed by atoms with Crippen LogP contribution < -0.4 is 15.4 Å². The lowest BCUT2D eigenvalue weighted by Gasteiger charge is -2.31. The van der Waals surface area contributed by atoms with Crippen LogP contribution >= 0.6 is 0 Å². The lowest BCUT2D eigenvalue weighted by atomic mass is 10.1. The Bertz CT molecular complexity index is 369. The number of rotatable bonds is 7. The van der Waals surface area contributed by atoms with Crippen LogP contribution in [0.4, 0.5) is 11.6 Å². The van der Waals surface area contributed by atoms with Crippen molar-refractivity contribution in [2.75, 3.05) is 30.9 Å². The molecule has 102 valence electrons. The van der Waals surface area contributed by atoms with Crippen molar-refractivity contribution in [1.29, 1.82) is 0 Å². The van der Waals surface area contributed by atoms with Crippen LogP contribution in [-0.4, -0.2) is 41.4 Å². The van der Waals surface area contributed by atoms with E-state index in [9.17, 15) is 5.11 Å². The summed E-state index contributed by atoms with van der Waals surface area (Å²) < 4.78 is 5.27.